The molecule has 0 aromatic rings. The molecule has 16 heavy (non-hydrogen) atoms. The summed E-state index contributed by atoms with van der Waals surface area (Å²) < 4.78 is 9.96. The summed E-state index contributed by atoms with van der Waals surface area (Å²) in [7, 11) is 0. The van der Waals surface area contributed by atoms with Crippen molar-refractivity contribution in [2.24, 2.45) is 0 Å². The second-order valence-corrected chi connectivity index (χ2v) is 3.95. The lowest BCUT2D eigenvalue weighted by Gasteiger charge is -2.22. The van der Waals surface area contributed by atoms with Gasteiger partial charge >= 0.3 is 11.9 Å². The number of ether oxygens (including phenoxy) is 2. The van der Waals surface area contributed by atoms with E-state index in [9.17, 15) is 9.59 Å². The number of hydrogen-bond donors (Lipinski definition) is 0. The minimum absolute atomic E-state index is 0.230. The topological polar surface area (TPSA) is 52.6 Å². The lowest BCUT2D eigenvalue weighted by Crippen LogP contribution is -2.38. The summed E-state index contributed by atoms with van der Waals surface area (Å²) in [6, 6.07) is 0. The third-order valence-corrected chi connectivity index (χ3v) is 1.85. The maximum absolute atomic E-state index is 11.5. The van der Waals surface area contributed by atoms with E-state index < -0.39 is 17.5 Å². The lowest BCUT2D eigenvalue weighted by atomic mass is 10.1. The van der Waals surface area contributed by atoms with Crippen LogP contribution in [0.15, 0.2) is 12.7 Å². The van der Waals surface area contributed by atoms with Crippen molar-refractivity contribution in [3.63, 3.8) is 0 Å². The molecule has 0 aliphatic carbocycles. The van der Waals surface area contributed by atoms with Crippen LogP contribution in [0, 0.1) is 0 Å². The van der Waals surface area contributed by atoms with Gasteiger partial charge in [-0.25, -0.2) is 4.79 Å². The molecule has 0 amide bonds. The third kappa shape index (κ3) is 5.53. The Balaban J connectivity index is 4.15. The van der Waals surface area contributed by atoms with Crippen LogP contribution in [0.2, 0.25) is 0 Å². The van der Waals surface area contributed by atoms with Crippen LogP contribution in [-0.2, 0) is 19.1 Å². The molecule has 0 atom stereocenters. The fourth-order valence-corrected chi connectivity index (χ4v) is 0.966. The summed E-state index contributed by atoms with van der Waals surface area (Å²) in [5.74, 6) is -0.931. The van der Waals surface area contributed by atoms with Crippen LogP contribution in [0.4, 0.5) is 0 Å². The highest BCUT2D eigenvalue weighted by molar-refractivity contribution is 5.82. The van der Waals surface area contributed by atoms with Crippen LogP contribution < -0.4 is 0 Å². The van der Waals surface area contributed by atoms with Crippen LogP contribution in [0.1, 0.15) is 40.0 Å². The fraction of sp³-hybridized carbons (Fsp3) is 0.667. The van der Waals surface area contributed by atoms with Gasteiger partial charge in [-0.1, -0.05) is 13.0 Å². The van der Waals surface area contributed by atoms with Crippen molar-refractivity contribution in [1.82, 2.24) is 0 Å². The third-order valence-electron chi connectivity index (χ3n) is 1.85. The molecule has 0 aromatic heterocycles. The van der Waals surface area contributed by atoms with Gasteiger partial charge in [-0.05, 0) is 26.7 Å². The van der Waals surface area contributed by atoms with Gasteiger partial charge in [0.05, 0.1) is 6.61 Å². The number of carbonyl (C=O) groups excluding carboxylic acids is 2. The van der Waals surface area contributed by atoms with Gasteiger partial charge in [-0.2, -0.15) is 0 Å². The first-order valence-electron chi connectivity index (χ1n) is 5.44. The minimum atomic E-state index is -1.21. The fourth-order valence-electron chi connectivity index (χ4n) is 0.966. The molecule has 0 N–H and O–H groups in total. The van der Waals surface area contributed by atoms with E-state index in [1.165, 1.54) is 13.8 Å². The molecule has 0 bridgehead atoms. The summed E-state index contributed by atoms with van der Waals surface area (Å²) in [6.07, 6.45) is 3.14. The Morgan fingerprint density at radius 1 is 1.38 bits per heavy atom. The maximum Gasteiger partial charge on any atom is 0.350 e. The van der Waals surface area contributed by atoms with Gasteiger partial charge in [0.1, 0.15) is 0 Å². The molecule has 92 valence electrons. The van der Waals surface area contributed by atoms with Gasteiger partial charge in [0.2, 0.25) is 5.60 Å². The Kier molecular flexibility index (Phi) is 6.46. The van der Waals surface area contributed by atoms with Gasteiger partial charge in [-0.3, -0.25) is 4.79 Å². The van der Waals surface area contributed by atoms with Crippen LogP contribution >= 0.6 is 0 Å². The Labute approximate surface area is 96.6 Å². The van der Waals surface area contributed by atoms with Crippen molar-refractivity contribution in [2.75, 3.05) is 6.61 Å². The molecule has 0 heterocycles. The van der Waals surface area contributed by atoms with Gasteiger partial charge in [0, 0.05) is 6.42 Å². The summed E-state index contributed by atoms with van der Waals surface area (Å²) in [5.41, 5.74) is -1.21. The van der Waals surface area contributed by atoms with E-state index in [0.29, 0.717) is 13.0 Å². The average Bonchev–Trinajstić information content (AvgIpc) is 2.22. The van der Waals surface area contributed by atoms with Crippen LogP contribution in [0.5, 0.6) is 0 Å². The monoisotopic (exact) mass is 228 g/mol. The Bertz CT molecular complexity index is 256. The minimum Gasteiger partial charge on any atom is -0.463 e. The van der Waals surface area contributed by atoms with Crippen LogP contribution in [-0.4, -0.2) is 24.1 Å². The van der Waals surface area contributed by atoms with E-state index in [4.69, 9.17) is 9.47 Å². The van der Waals surface area contributed by atoms with Gasteiger partial charge in [-0.15, -0.1) is 6.58 Å². The summed E-state index contributed by atoms with van der Waals surface area (Å²) in [6.45, 7) is 8.79. The number of hydrogen-bond acceptors (Lipinski definition) is 4. The summed E-state index contributed by atoms with van der Waals surface area (Å²) in [5, 5.41) is 0. The van der Waals surface area contributed by atoms with Crippen molar-refractivity contribution in [2.45, 2.75) is 45.6 Å². The largest absolute Gasteiger partial charge is 0.463 e. The Morgan fingerprint density at radius 2 is 2.00 bits per heavy atom. The molecule has 0 fully saturated rings. The van der Waals surface area contributed by atoms with E-state index in [1.54, 1.807) is 6.08 Å². The highest BCUT2D eigenvalue weighted by atomic mass is 16.6. The average molecular weight is 228 g/mol. The maximum atomic E-state index is 11.5. The molecular weight excluding hydrogens is 208 g/mol. The highest BCUT2D eigenvalue weighted by Crippen LogP contribution is 2.13. The highest BCUT2D eigenvalue weighted by Gasteiger charge is 2.33. The van der Waals surface area contributed by atoms with Crippen molar-refractivity contribution >= 4 is 11.9 Å². The molecule has 0 radical (unpaired) electrons. The SMILES string of the molecule is C=CCCC(=O)OC(C)(C)C(=O)OCCC. The van der Waals surface area contributed by atoms with Crippen molar-refractivity contribution in [1.29, 1.82) is 0 Å². The normalized spacial score (nSPS) is 10.7. The molecule has 0 unspecified atom stereocenters. The zero-order valence-electron chi connectivity index (χ0n) is 10.2. The summed E-state index contributed by atoms with van der Waals surface area (Å²) >= 11 is 0. The molecule has 0 saturated heterocycles. The quantitative estimate of drug-likeness (QED) is 0.495. The number of esters is 2. The molecular formula is C12H20O4. The standard InChI is InChI=1S/C12H20O4/c1-5-7-8-10(13)16-12(3,4)11(14)15-9-6-2/h5H,1,6-9H2,2-4H3. The van der Waals surface area contributed by atoms with E-state index in [0.717, 1.165) is 6.42 Å². The van der Waals surface area contributed by atoms with E-state index in [2.05, 4.69) is 6.58 Å². The lowest BCUT2D eigenvalue weighted by molar-refractivity contribution is -0.178. The molecule has 0 saturated carbocycles. The first-order chi connectivity index (χ1) is 7.44. The first-order valence-corrected chi connectivity index (χ1v) is 5.44. The van der Waals surface area contributed by atoms with Gasteiger partial charge < -0.3 is 9.47 Å². The number of carbonyl (C=O) groups is 2. The molecule has 0 spiro atoms. The molecule has 4 heteroatoms. The molecule has 4 nitrogen and oxygen atoms in total. The first kappa shape index (κ1) is 14.7. The Morgan fingerprint density at radius 3 is 2.50 bits per heavy atom. The number of rotatable bonds is 7. The van der Waals surface area contributed by atoms with Crippen LogP contribution in [0.3, 0.4) is 0 Å². The van der Waals surface area contributed by atoms with Crippen molar-refractivity contribution in [3.8, 4) is 0 Å². The predicted octanol–water partition coefficient (Wildman–Crippen LogP) is 2.23. The van der Waals surface area contributed by atoms with E-state index in [1.807, 2.05) is 6.92 Å². The molecule has 0 aromatic carbocycles. The molecule has 0 rings (SSSR count). The van der Waals surface area contributed by atoms with Gasteiger partial charge in [0.15, 0.2) is 0 Å². The molecule has 0 aliphatic heterocycles. The second-order valence-electron chi connectivity index (χ2n) is 3.95. The van der Waals surface area contributed by atoms with E-state index in [-0.39, 0.29) is 6.42 Å². The van der Waals surface area contributed by atoms with E-state index >= 15 is 0 Å². The Hall–Kier alpha value is -1.32. The van der Waals surface area contributed by atoms with Crippen LogP contribution in [0.25, 0.3) is 0 Å². The number of allylic oxidation sites excluding steroid dienone is 1. The zero-order chi connectivity index (χ0) is 12.6. The predicted molar refractivity (Wildman–Crippen MR) is 60.9 cm³/mol. The van der Waals surface area contributed by atoms with Crippen molar-refractivity contribution < 1.29 is 19.1 Å². The van der Waals surface area contributed by atoms with Crippen molar-refractivity contribution in [3.05, 3.63) is 12.7 Å². The second kappa shape index (κ2) is 7.04. The smallest absolute Gasteiger partial charge is 0.350 e. The summed E-state index contributed by atoms with van der Waals surface area (Å²) in [4.78, 5) is 22.8. The zero-order valence-corrected chi connectivity index (χ0v) is 10.2. The van der Waals surface area contributed by atoms with Gasteiger partial charge in [0.25, 0.3) is 0 Å². The molecule has 0 aliphatic rings.